The van der Waals surface area contributed by atoms with Gasteiger partial charge in [0.2, 0.25) is 0 Å². The van der Waals surface area contributed by atoms with Crippen LogP contribution in [0.5, 0.6) is 0 Å². The quantitative estimate of drug-likeness (QED) is 0.723. The molecule has 1 aromatic carbocycles. The van der Waals surface area contributed by atoms with E-state index in [4.69, 9.17) is 4.98 Å². The molecule has 0 N–H and O–H groups in total. The predicted molar refractivity (Wildman–Crippen MR) is 85.6 cm³/mol. The normalized spacial score (nSPS) is 13.2. The Kier molecular flexibility index (Phi) is 3.66. The molecule has 0 unspecified atom stereocenters. The average molecular weight is 274 g/mol. The summed E-state index contributed by atoms with van der Waals surface area (Å²) in [6.07, 6.45) is 1.98. The summed E-state index contributed by atoms with van der Waals surface area (Å²) >= 11 is 0. The van der Waals surface area contributed by atoms with Crippen molar-refractivity contribution in [2.45, 2.75) is 51.9 Å². The summed E-state index contributed by atoms with van der Waals surface area (Å²) in [6.45, 7) is 13.8. The van der Waals surface area contributed by atoms with Crippen LogP contribution in [0.4, 0.5) is 0 Å². The monoisotopic (exact) mass is 274 g/mol. The Balaban J connectivity index is 2.57. The van der Waals surface area contributed by atoms with E-state index in [0.29, 0.717) is 0 Å². The maximum Gasteiger partial charge on any atom is 0.0894 e. The van der Waals surface area contributed by atoms with E-state index in [-0.39, 0.29) is 18.2 Å². The second-order valence-corrected chi connectivity index (χ2v) is 10.7. The van der Waals surface area contributed by atoms with Crippen LogP contribution in [0, 0.1) is 0 Å². The second kappa shape index (κ2) is 4.83. The Bertz CT molecular complexity index is 565. The van der Waals surface area contributed by atoms with Crippen molar-refractivity contribution in [3.05, 3.63) is 30.5 Å². The van der Waals surface area contributed by atoms with Crippen LogP contribution in [-0.2, 0) is 0 Å². The minimum absolute atomic E-state index is 0.227. The Morgan fingerprint density at radius 3 is 1.89 bits per heavy atom. The van der Waals surface area contributed by atoms with E-state index in [1.807, 2.05) is 30.5 Å². The maximum absolute atomic E-state index is 4.87. The molecular weight excluding hydrogens is 251 g/mol. The Morgan fingerprint density at radius 1 is 0.842 bits per heavy atom. The van der Waals surface area contributed by atoms with Gasteiger partial charge in [0.1, 0.15) is 0 Å². The molecule has 2 aromatic rings. The van der Waals surface area contributed by atoms with E-state index >= 15 is 0 Å². The molecule has 2 nitrogen and oxygen atoms in total. The molecule has 0 aliphatic rings. The van der Waals surface area contributed by atoms with Crippen LogP contribution in [0.15, 0.2) is 30.5 Å². The second-order valence-electron chi connectivity index (χ2n) is 6.89. The van der Waals surface area contributed by atoms with Gasteiger partial charge in [-0.2, -0.15) is 0 Å². The maximum atomic E-state index is 4.87. The topological polar surface area (TPSA) is 25.8 Å². The number of rotatable bonds is 1. The Labute approximate surface area is 117 Å². The van der Waals surface area contributed by atoms with Crippen LogP contribution >= 0.6 is 7.92 Å². The molecule has 0 radical (unpaired) electrons. The zero-order valence-corrected chi connectivity index (χ0v) is 13.6. The lowest BCUT2D eigenvalue weighted by molar-refractivity contribution is 0.713. The van der Waals surface area contributed by atoms with Gasteiger partial charge >= 0.3 is 0 Å². The van der Waals surface area contributed by atoms with Gasteiger partial charge in [0.05, 0.1) is 22.7 Å². The van der Waals surface area contributed by atoms with Gasteiger partial charge in [-0.05, 0) is 30.4 Å². The number of aromatic nitrogens is 2. The van der Waals surface area contributed by atoms with Crippen LogP contribution in [0.2, 0.25) is 0 Å². The van der Waals surface area contributed by atoms with Crippen LogP contribution in [0.25, 0.3) is 11.0 Å². The number of hydrogen-bond donors (Lipinski definition) is 0. The van der Waals surface area contributed by atoms with Crippen molar-refractivity contribution in [3.63, 3.8) is 0 Å². The van der Waals surface area contributed by atoms with Crippen molar-refractivity contribution in [1.82, 2.24) is 9.97 Å². The predicted octanol–water partition coefficient (Wildman–Crippen LogP) is 4.33. The van der Waals surface area contributed by atoms with Crippen LogP contribution in [0.3, 0.4) is 0 Å². The molecule has 0 fully saturated rings. The number of para-hydroxylation sites is 2. The molecule has 0 spiro atoms. The van der Waals surface area contributed by atoms with Gasteiger partial charge < -0.3 is 0 Å². The molecular formula is C16H23N2P. The van der Waals surface area contributed by atoms with Crippen molar-refractivity contribution in [3.8, 4) is 0 Å². The molecule has 0 bridgehead atoms. The first-order valence-electron chi connectivity index (χ1n) is 6.72. The van der Waals surface area contributed by atoms with Gasteiger partial charge in [0, 0.05) is 0 Å². The van der Waals surface area contributed by atoms with Crippen LogP contribution in [0.1, 0.15) is 41.5 Å². The van der Waals surface area contributed by atoms with Crippen molar-refractivity contribution in [2.24, 2.45) is 0 Å². The van der Waals surface area contributed by atoms with Gasteiger partial charge in [-0.3, -0.25) is 4.98 Å². The third-order valence-electron chi connectivity index (χ3n) is 3.01. The Hall–Kier alpha value is -1.01. The summed E-state index contributed by atoms with van der Waals surface area (Å²) in [7, 11) is -0.385. The summed E-state index contributed by atoms with van der Waals surface area (Å²) in [6, 6.07) is 8.09. The van der Waals surface area contributed by atoms with Crippen molar-refractivity contribution in [1.29, 1.82) is 0 Å². The highest BCUT2D eigenvalue weighted by Crippen LogP contribution is 2.57. The zero-order valence-electron chi connectivity index (χ0n) is 12.7. The molecule has 0 atom stereocenters. The van der Waals surface area contributed by atoms with E-state index < -0.39 is 0 Å². The van der Waals surface area contributed by atoms with Gasteiger partial charge in [-0.15, -0.1) is 0 Å². The van der Waals surface area contributed by atoms with Crippen LogP contribution < -0.4 is 5.44 Å². The fraction of sp³-hybridized carbons (Fsp3) is 0.500. The molecule has 19 heavy (non-hydrogen) atoms. The highest BCUT2D eigenvalue weighted by Gasteiger charge is 2.36. The number of benzene rings is 1. The lowest BCUT2D eigenvalue weighted by atomic mass is 10.2. The van der Waals surface area contributed by atoms with E-state index in [1.54, 1.807) is 0 Å². The molecule has 1 aromatic heterocycles. The summed E-state index contributed by atoms with van der Waals surface area (Å²) in [5.41, 5.74) is 3.14. The number of nitrogens with zero attached hydrogens (tertiary/aromatic N) is 2. The van der Waals surface area contributed by atoms with Gasteiger partial charge in [0.15, 0.2) is 0 Å². The third kappa shape index (κ3) is 3.12. The van der Waals surface area contributed by atoms with Gasteiger partial charge in [-0.1, -0.05) is 53.7 Å². The lowest BCUT2D eigenvalue weighted by Gasteiger charge is -2.40. The highest BCUT2D eigenvalue weighted by molar-refractivity contribution is 7.68. The smallest absolute Gasteiger partial charge is 0.0894 e. The summed E-state index contributed by atoms with van der Waals surface area (Å²) in [5.74, 6) is 0. The molecule has 2 rings (SSSR count). The van der Waals surface area contributed by atoms with Crippen molar-refractivity contribution < 1.29 is 0 Å². The van der Waals surface area contributed by atoms with Gasteiger partial charge in [-0.25, -0.2) is 4.98 Å². The van der Waals surface area contributed by atoms with Crippen molar-refractivity contribution >= 4 is 24.4 Å². The van der Waals surface area contributed by atoms with Crippen LogP contribution in [-0.4, -0.2) is 20.3 Å². The first-order chi connectivity index (χ1) is 8.69. The van der Waals surface area contributed by atoms with Gasteiger partial charge in [0.25, 0.3) is 0 Å². The first kappa shape index (κ1) is 14.4. The molecule has 1 heterocycles. The highest BCUT2D eigenvalue weighted by atomic mass is 31.1. The van der Waals surface area contributed by atoms with E-state index in [2.05, 4.69) is 46.5 Å². The molecule has 0 saturated carbocycles. The fourth-order valence-corrected chi connectivity index (χ4v) is 6.52. The third-order valence-corrected chi connectivity index (χ3v) is 6.36. The standard InChI is InChI=1S/C16H23N2P/c1-15(2,3)19(16(4,5)6)14-11-17-12-9-7-8-10-13(12)18-14/h7-11H,1-6H3. The number of hydrogen-bond acceptors (Lipinski definition) is 2. The van der Waals surface area contributed by atoms with Crippen molar-refractivity contribution in [2.75, 3.05) is 0 Å². The molecule has 3 heteroatoms. The van der Waals surface area contributed by atoms with E-state index in [1.165, 1.54) is 0 Å². The molecule has 0 aliphatic carbocycles. The minimum Gasteiger partial charge on any atom is -0.252 e. The average Bonchev–Trinajstić information content (AvgIpc) is 2.25. The summed E-state index contributed by atoms with van der Waals surface area (Å²) in [4.78, 5) is 9.46. The molecule has 102 valence electrons. The van der Waals surface area contributed by atoms with E-state index in [0.717, 1.165) is 16.5 Å². The number of fused-ring (bicyclic) bond motifs is 1. The largest absolute Gasteiger partial charge is 0.252 e. The first-order valence-corrected chi connectivity index (χ1v) is 8.06. The summed E-state index contributed by atoms with van der Waals surface area (Å²) in [5, 5.41) is 0.454. The Morgan fingerprint density at radius 2 is 1.37 bits per heavy atom. The lowest BCUT2D eigenvalue weighted by Crippen LogP contribution is -2.32. The minimum atomic E-state index is -0.385. The fourth-order valence-electron chi connectivity index (χ4n) is 2.75. The summed E-state index contributed by atoms with van der Waals surface area (Å²) < 4.78 is 0. The molecule has 0 aliphatic heterocycles. The molecule has 0 saturated heterocycles. The molecule has 0 amide bonds. The van der Waals surface area contributed by atoms with E-state index in [9.17, 15) is 0 Å². The SMILES string of the molecule is CC(C)(C)P(c1cnc2ccccc2n1)C(C)(C)C. The zero-order chi connectivity index (χ0) is 14.3.